The molecule has 0 saturated heterocycles. The quantitative estimate of drug-likeness (QED) is 0.176. The highest BCUT2D eigenvalue weighted by Gasteiger charge is 2.42. The van der Waals surface area contributed by atoms with Gasteiger partial charge in [-0.1, -0.05) is 167 Å². The van der Waals surface area contributed by atoms with Gasteiger partial charge in [-0.25, -0.2) is 0 Å². The summed E-state index contributed by atoms with van der Waals surface area (Å²) in [5.74, 6) is 0. The third-order valence-corrected chi connectivity index (χ3v) is 12.6. The van der Waals surface area contributed by atoms with E-state index >= 15 is 0 Å². The van der Waals surface area contributed by atoms with Crippen molar-refractivity contribution in [1.82, 2.24) is 0 Å². The van der Waals surface area contributed by atoms with Crippen molar-refractivity contribution in [2.75, 3.05) is 4.90 Å². The largest absolute Gasteiger partial charge is 0.456 e. The van der Waals surface area contributed by atoms with Crippen LogP contribution < -0.4 is 4.90 Å². The van der Waals surface area contributed by atoms with Crippen molar-refractivity contribution in [2.45, 2.75) is 38.5 Å². The molecule has 0 N–H and O–H groups in total. The Kier molecular flexibility index (Phi) is 6.98. The Morgan fingerprint density at radius 2 is 1.02 bits per heavy atom. The first-order valence-electron chi connectivity index (χ1n) is 19.7. The van der Waals surface area contributed by atoms with E-state index < -0.39 is 0 Å². The van der Waals surface area contributed by atoms with Gasteiger partial charge < -0.3 is 9.32 Å². The summed E-state index contributed by atoms with van der Waals surface area (Å²) in [6, 6.07) is 64.6. The van der Waals surface area contributed by atoms with E-state index in [1.807, 2.05) is 0 Å². The molecule has 0 atom stereocenters. The molecule has 0 radical (unpaired) electrons. The Morgan fingerprint density at radius 1 is 0.429 bits per heavy atom. The Hall–Kier alpha value is -6.64. The molecule has 0 spiro atoms. The summed E-state index contributed by atoms with van der Waals surface area (Å²) in [4.78, 5) is 2.57. The standard InChI is InChI=1S/C54H41NO/c1-53(2)43-25-14-11-22-37(43)38-31-30-36(32-45(38)53)55(46-27-17-29-48-49(46)40-24-13-16-28-47(40)56-48)52-42(35-20-9-6-10-21-35)33-41(34-18-7-5-8-19-34)51-50(52)39-23-12-15-26-44(39)54(51,3)4/h5-33H,1-4H3. The molecular weight excluding hydrogens is 679 g/mol. The monoisotopic (exact) mass is 719 g/mol. The summed E-state index contributed by atoms with van der Waals surface area (Å²) < 4.78 is 6.61. The highest BCUT2D eigenvalue weighted by Crippen LogP contribution is 2.61. The third-order valence-electron chi connectivity index (χ3n) is 12.6. The molecule has 1 heterocycles. The lowest BCUT2D eigenvalue weighted by Gasteiger charge is -2.34. The zero-order valence-electron chi connectivity index (χ0n) is 32.1. The topological polar surface area (TPSA) is 16.4 Å². The van der Waals surface area contributed by atoms with Crippen LogP contribution in [0.4, 0.5) is 17.1 Å². The Bertz CT molecular complexity index is 3020. The van der Waals surface area contributed by atoms with Crippen LogP contribution in [0, 0.1) is 0 Å². The molecule has 11 rings (SSSR count). The van der Waals surface area contributed by atoms with Gasteiger partial charge in [-0.15, -0.1) is 0 Å². The van der Waals surface area contributed by atoms with Crippen molar-refractivity contribution in [1.29, 1.82) is 0 Å². The maximum atomic E-state index is 6.61. The van der Waals surface area contributed by atoms with Gasteiger partial charge in [0, 0.05) is 33.0 Å². The maximum absolute atomic E-state index is 6.61. The van der Waals surface area contributed by atoms with Gasteiger partial charge in [0.15, 0.2) is 0 Å². The lowest BCUT2D eigenvalue weighted by atomic mass is 9.77. The van der Waals surface area contributed by atoms with Gasteiger partial charge in [0.2, 0.25) is 0 Å². The minimum atomic E-state index is -0.261. The van der Waals surface area contributed by atoms with E-state index in [1.165, 1.54) is 72.4 Å². The summed E-state index contributed by atoms with van der Waals surface area (Å²) in [6.45, 7) is 9.55. The molecular formula is C54H41NO. The van der Waals surface area contributed by atoms with Crippen LogP contribution in [-0.4, -0.2) is 0 Å². The van der Waals surface area contributed by atoms with Crippen LogP contribution >= 0.6 is 0 Å². The van der Waals surface area contributed by atoms with Crippen LogP contribution in [0.5, 0.6) is 0 Å². The Morgan fingerprint density at radius 3 is 1.77 bits per heavy atom. The molecule has 8 aromatic carbocycles. The smallest absolute Gasteiger partial charge is 0.137 e. The van der Waals surface area contributed by atoms with Crippen molar-refractivity contribution in [3.8, 4) is 44.5 Å². The van der Waals surface area contributed by atoms with E-state index in [1.54, 1.807) is 0 Å². The first-order valence-corrected chi connectivity index (χ1v) is 19.7. The van der Waals surface area contributed by atoms with Gasteiger partial charge in [0.05, 0.1) is 16.8 Å². The number of hydrogen-bond donors (Lipinski definition) is 0. The highest BCUT2D eigenvalue weighted by molar-refractivity contribution is 6.16. The molecule has 0 unspecified atom stereocenters. The number of para-hydroxylation sites is 1. The normalized spacial score (nSPS) is 14.4. The second-order valence-corrected chi connectivity index (χ2v) is 16.5. The number of nitrogens with zero attached hydrogens (tertiary/aromatic N) is 1. The number of furan rings is 1. The molecule has 2 heteroatoms. The van der Waals surface area contributed by atoms with Crippen LogP contribution in [0.3, 0.4) is 0 Å². The summed E-state index contributed by atoms with van der Waals surface area (Å²) in [7, 11) is 0. The molecule has 0 aliphatic heterocycles. The predicted octanol–water partition coefficient (Wildman–Crippen LogP) is 15.0. The second-order valence-electron chi connectivity index (χ2n) is 16.5. The molecule has 0 saturated carbocycles. The first-order chi connectivity index (χ1) is 27.3. The van der Waals surface area contributed by atoms with Gasteiger partial charge in [-0.05, 0) is 92.0 Å². The molecule has 9 aromatic rings. The number of hydrogen-bond acceptors (Lipinski definition) is 2. The molecule has 1 aromatic heterocycles. The zero-order chi connectivity index (χ0) is 37.8. The van der Waals surface area contributed by atoms with E-state index in [-0.39, 0.29) is 10.8 Å². The van der Waals surface area contributed by atoms with E-state index in [0.717, 1.165) is 33.3 Å². The molecule has 0 amide bonds. The maximum Gasteiger partial charge on any atom is 0.137 e. The second kappa shape index (κ2) is 11.9. The van der Waals surface area contributed by atoms with Crippen LogP contribution in [0.1, 0.15) is 49.9 Å². The molecule has 0 bridgehead atoms. The van der Waals surface area contributed by atoms with Gasteiger partial charge >= 0.3 is 0 Å². The first kappa shape index (κ1) is 32.8. The van der Waals surface area contributed by atoms with E-state index in [0.29, 0.717) is 0 Å². The van der Waals surface area contributed by atoms with Crippen LogP contribution in [0.15, 0.2) is 180 Å². The van der Waals surface area contributed by atoms with Gasteiger partial charge in [0.25, 0.3) is 0 Å². The zero-order valence-corrected chi connectivity index (χ0v) is 32.1. The van der Waals surface area contributed by atoms with Gasteiger partial charge in [-0.2, -0.15) is 0 Å². The summed E-state index contributed by atoms with van der Waals surface area (Å²) in [6.07, 6.45) is 0. The van der Waals surface area contributed by atoms with Crippen LogP contribution in [0.2, 0.25) is 0 Å². The van der Waals surface area contributed by atoms with Crippen LogP contribution in [-0.2, 0) is 10.8 Å². The van der Waals surface area contributed by atoms with Crippen molar-refractivity contribution in [3.63, 3.8) is 0 Å². The molecule has 2 aliphatic rings. The number of anilines is 3. The fraction of sp³-hybridized carbons (Fsp3) is 0.111. The number of fused-ring (bicyclic) bond motifs is 9. The molecule has 56 heavy (non-hydrogen) atoms. The average molecular weight is 720 g/mol. The average Bonchev–Trinajstić information content (AvgIpc) is 3.82. The van der Waals surface area contributed by atoms with Crippen molar-refractivity contribution >= 4 is 39.0 Å². The lowest BCUT2D eigenvalue weighted by molar-refractivity contribution is 0.660. The van der Waals surface area contributed by atoms with Gasteiger partial charge in [-0.3, -0.25) is 0 Å². The van der Waals surface area contributed by atoms with Crippen molar-refractivity contribution in [2.24, 2.45) is 0 Å². The van der Waals surface area contributed by atoms with Gasteiger partial charge in [0.1, 0.15) is 11.2 Å². The summed E-state index contributed by atoms with van der Waals surface area (Å²) in [5, 5.41) is 2.22. The van der Waals surface area contributed by atoms with E-state index in [9.17, 15) is 0 Å². The minimum absolute atomic E-state index is 0.169. The van der Waals surface area contributed by atoms with E-state index in [4.69, 9.17) is 4.42 Å². The summed E-state index contributed by atoms with van der Waals surface area (Å²) in [5.41, 5.74) is 20.2. The van der Waals surface area contributed by atoms with Crippen molar-refractivity contribution in [3.05, 3.63) is 198 Å². The number of rotatable bonds is 5. The molecule has 268 valence electrons. The Balaban J connectivity index is 1.33. The van der Waals surface area contributed by atoms with Crippen LogP contribution in [0.25, 0.3) is 66.4 Å². The van der Waals surface area contributed by atoms with Crippen molar-refractivity contribution < 1.29 is 4.42 Å². The Labute approximate surface area is 328 Å². The minimum Gasteiger partial charge on any atom is -0.456 e. The molecule has 2 aliphatic carbocycles. The third kappa shape index (κ3) is 4.56. The highest BCUT2D eigenvalue weighted by atomic mass is 16.3. The predicted molar refractivity (Wildman–Crippen MR) is 234 cm³/mol. The molecule has 2 nitrogen and oxygen atoms in total. The SMILES string of the molecule is CC1(C)c2ccccc2-c2ccc(N(c3c(-c4ccccc4)cc(-c4ccccc4)c4c3-c3ccccc3C4(C)C)c3cccc4oc5ccccc5c34)cc21. The number of benzene rings is 8. The van der Waals surface area contributed by atoms with E-state index in [2.05, 4.69) is 209 Å². The fourth-order valence-corrected chi connectivity index (χ4v) is 10.0. The fourth-order valence-electron chi connectivity index (χ4n) is 10.0. The summed E-state index contributed by atoms with van der Waals surface area (Å²) >= 11 is 0. The molecule has 0 fully saturated rings. The lowest BCUT2D eigenvalue weighted by Crippen LogP contribution is -2.19.